The predicted octanol–water partition coefficient (Wildman–Crippen LogP) is 0.788. The van der Waals surface area contributed by atoms with Gasteiger partial charge >= 0.3 is 5.97 Å². The van der Waals surface area contributed by atoms with Crippen LogP contribution in [0.15, 0.2) is 18.2 Å². The van der Waals surface area contributed by atoms with Crippen LogP contribution in [-0.2, 0) is 9.53 Å². The van der Waals surface area contributed by atoms with Crippen LogP contribution >= 0.6 is 11.6 Å². The van der Waals surface area contributed by atoms with Gasteiger partial charge in [-0.1, -0.05) is 11.6 Å². The molecule has 7 heteroatoms. The van der Waals surface area contributed by atoms with Crippen LogP contribution < -0.4 is 10.6 Å². The third kappa shape index (κ3) is 3.27. The lowest BCUT2D eigenvalue weighted by molar-refractivity contribution is -0.117. The van der Waals surface area contributed by atoms with Crippen LogP contribution in [0.5, 0.6) is 0 Å². The minimum absolute atomic E-state index is 0.203. The maximum Gasteiger partial charge on any atom is 0.339 e. The van der Waals surface area contributed by atoms with Gasteiger partial charge < -0.3 is 20.5 Å². The van der Waals surface area contributed by atoms with Gasteiger partial charge in [0.25, 0.3) is 0 Å². The molecule has 3 N–H and O–H groups in total. The van der Waals surface area contributed by atoms with E-state index in [4.69, 9.17) is 11.6 Å². The summed E-state index contributed by atoms with van der Waals surface area (Å²) < 4.78 is 4.58. The zero-order chi connectivity index (χ0) is 14.7. The fourth-order valence-electron chi connectivity index (χ4n) is 2.01. The highest BCUT2D eigenvalue weighted by Crippen LogP contribution is 2.22. The Hall–Kier alpha value is -1.63. The number of nitrogens with one attached hydrogen (secondary N) is 2. The first-order valence-electron chi connectivity index (χ1n) is 6.11. The summed E-state index contributed by atoms with van der Waals surface area (Å²) in [5.74, 6) is -0.781. The fraction of sp³-hybridized carbons (Fsp3) is 0.385. The molecule has 2 rings (SSSR count). The highest BCUT2D eigenvalue weighted by molar-refractivity contribution is 6.34. The van der Waals surface area contributed by atoms with E-state index < -0.39 is 18.1 Å². The largest absolute Gasteiger partial charge is 0.465 e. The number of esters is 1. The standard InChI is InChI=1S/C13H15ClN2O4/c1-20-13(19)9-3-2-7(4-10(9)14)16-12(18)11-5-8(17)6-15-11/h2-4,8,11,15,17H,5-6H2,1H3,(H,16,18). The maximum atomic E-state index is 11.9. The highest BCUT2D eigenvalue weighted by atomic mass is 35.5. The van der Waals surface area contributed by atoms with Crippen LogP contribution in [0, 0.1) is 0 Å². The van der Waals surface area contributed by atoms with Gasteiger partial charge in [0.2, 0.25) is 5.91 Å². The second-order valence-corrected chi connectivity index (χ2v) is 4.93. The predicted molar refractivity (Wildman–Crippen MR) is 73.8 cm³/mol. The molecule has 0 spiro atoms. The third-order valence-corrected chi connectivity index (χ3v) is 3.38. The Balaban J connectivity index is 2.05. The molecule has 1 heterocycles. The van der Waals surface area contributed by atoms with Crippen LogP contribution in [0.2, 0.25) is 5.02 Å². The number of amides is 1. The van der Waals surface area contributed by atoms with E-state index >= 15 is 0 Å². The number of hydrogen-bond donors (Lipinski definition) is 3. The summed E-state index contributed by atoms with van der Waals surface area (Å²) in [4.78, 5) is 23.3. The number of aliphatic hydroxyl groups excluding tert-OH is 1. The van der Waals surface area contributed by atoms with Crippen molar-refractivity contribution in [3.05, 3.63) is 28.8 Å². The van der Waals surface area contributed by atoms with E-state index in [1.165, 1.54) is 19.2 Å². The topological polar surface area (TPSA) is 87.7 Å². The first kappa shape index (κ1) is 14.8. The zero-order valence-electron chi connectivity index (χ0n) is 10.9. The van der Waals surface area contributed by atoms with Gasteiger partial charge in [0.15, 0.2) is 0 Å². The van der Waals surface area contributed by atoms with Gasteiger partial charge in [-0.2, -0.15) is 0 Å². The molecule has 108 valence electrons. The molecule has 0 aliphatic carbocycles. The van der Waals surface area contributed by atoms with Crippen LogP contribution in [0.25, 0.3) is 0 Å². The van der Waals surface area contributed by atoms with Crippen molar-refractivity contribution in [3.8, 4) is 0 Å². The Bertz CT molecular complexity index is 535. The molecular formula is C13H15ClN2O4. The highest BCUT2D eigenvalue weighted by Gasteiger charge is 2.28. The van der Waals surface area contributed by atoms with Crippen molar-refractivity contribution in [3.63, 3.8) is 0 Å². The second-order valence-electron chi connectivity index (χ2n) is 4.53. The SMILES string of the molecule is COC(=O)c1ccc(NC(=O)C2CC(O)CN2)cc1Cl. The molecule has 0 saturated carbocycles. The summed E-state index contributed by atoms with van der Waals surface area (Å²) in [5.41, 5.74) is 0.720. The van der Waals surface area contributed by atoms with Gasteiger partial charge in [-0.3, -0.25) is 4.79 Å². The number of aliphatic hydroxyl groups is 1. The molecule has 0 aromatic heterocycles. The number of methoxy groups -OCH3 is 1. The smallest absolute Gasteiger partial charge is 0.339 e. The second kappa shape index (κ2) is 6.21. The molecule has 6 nitrogen and oxygen atoms in total. The Kier molecular flexibility index (Phi) is 4.59. The molecule has 1 aliphatic rings. The molecule has 1 aromatic carbocycles. The molecule has 0 radical (unpaired) electrons. The lowest BCUT2D eigenvalue weighted by Crippen LogP contribution is -2.35. The number of hydrogen-bond acceptors (Lipinski definition) is 5. The molecule has 0 bridgehead atoms. The lowest BCUT2D eigenvalue weighted by Gasteiger charge is -2.12. The van der Waals surface area contributed by atoms with Crippen LogP contribution in [0.4, 0.5) is 5.69 Å². The van der Waals surface area contributed by atoms with Crippen molar-refractivity contribution in [2.45, 2.75) is 18.6 Å². The van der Waals surface area contributed by atoms with E-state index in [2.05, 4.69) is 15.4 Å². The van der Waals surface area contributed by atoms with Gasteiger partial charge in [-0.05, 0) is 24.6 Å². The number of β-amino-alcohol motifs (C(OH)–C–C–N with tert-alkyl or cyclic N) is 1. The Labute approximate surface area is 121 Å². The number of ether oxygens (including phenoxy) is 1. The Morgan fingerprint density at radius 1 is 1.50 bits per heavy atom. The maximum absolute atomic E-state index is 11.9. The van der Waals surface area contributed by atoms with Gasteiger partial charge in [-0.25, -0.2) is 4.79 Å². The van der Waals surface area contributed by atoms with Crippen LogP contribution in [0.1, 0.15) is 16.8 Å². The lowest BCUT2D eigenvalue weighted by atomic mass is 10.1. The number of rotatable bonds is 3. The molecule has 1 amide bonds. The van der Waals surface area contributed by atoms with Crippen LogP contribution in [0.3, 0.4) is 0 Å². The first-order chi connectivity index (χ1) is 9.51. The van der Waals surface area contributed by atoms with E-state index in [9.17, 15) is 14.7 Å². The minimum Gasteiger partial charge on any atom is -0.465 e. The van der Waals surface area contributed by atoms with E-state index in [1.807, 2.05) is 0 Å². The quantitative estimate of drug-likeness (QED) is 0.718. The number of anilines is 1. The van der Waals surface area contributed by atoms with E-state index in [0.29, 0.717) is 18.7 Å². The van der Waals surface area contributed by atoms with Crippen molar-refractivity contribution in [1.29, 1.82) is 0 Å². The van der Waals surface area contributed by atoms with Gasteiger partial charge in [0.1, 0.15) is 0 Å². The summed E-state index contributed by atoms with van der Waals surface area (Å²) in [7, 11) is 1.27. The minimum atomic E-state index is -0.534. The van der Waals surface area contributed by atoms with Crippen molar-refractivity contribution >= 4 is 29.2 Å². The van der Waals surface area contributed by atoms with E-state index in [-0.39, 0.29) is 16.5 Å². The van der Waals surface area contributed by atoms with E-state index in [1.54, 1.807) is 6.07 Å². The normalized spacial score (nSPS) is 21.6. The van der Waals surface area contributed by atoms with Gasteiger partial charge in [0.05, 0.1) is 29.8 Å². The molecule has 1 aromatic rings. The molecule has 1 saturated heterocycles. The number of halogens is 1. The summed E-state index contributed by atoms with van der Waals surface area (Å²) in [6.45, 7) is 0.403. The fourth-order valence-corrected chi connectivity index (χ4v) is 2.27. The van der Waals surface area contributed by atoms with Crippen molar-refractivity contribution < 1.29 is 19.4 Å². The third-order valence-electron chi connectivity index (χ3n) is 3.07. The van der Waals surface area contributed by atoms with Gasteiger partial charge in [0, 0.05) is 12.2 Å². The Morgan fingerprint density at radius 2 is 2.25 bits per heavy atom. The van der Waals surface area contributed by atoms with Crippen molar-refractivity contribution in [2.24, 2.45) is 0 Å². The summed E-state index contributed by atoms with van der Waals surface area (Å²) in [5, 5.41) is 15.2. The molecule has 1 aliphatic heterocycles. The Morgan fingerprint density at radius 3 is 2.80 bits per heavy atom. The summed E-state index contributed by atoms with van der Waals surface area (Å²) in [6, 6.07) is 4.11. The molecule has 2 atom stereocenters. The molecular weight excluding hydrogens is 284 g/mol. The van der Waals surface area contributed by atoms with Crippen molar-refractivity contribution in [1.82, 2.24) is 5.32 Å². The van der Waals surface area contributed by atoms with Crippen molar-refractivity contribution in [2.75, 3.05) is 19.0 Å². The number of benzene rings is 1. The van der Waals surface area contributed by atoms with Gasteiger partial charge in [-0.15, -0.1) is 0 Å². The van der Waals surface area contributed by atoms with Crippen LogP contribution in [-0.4, -0.2) is 42.8 Å². The average molecular weight is 299 g/mol. The average Bonchev–Trinajstić information content (AvgIpc) is 2.85. The number of carbonyl (C=O) groups is 2. The summed E-state index contributed by atoms with van der Waals surface area (Å²) in [6.07, 6.45) is -0.129. The summed E-state index contributed by atoms with van der Waals surface area (Å²) >= 11 is 5.96. The zero-order valence-corrected chi connectivity index (χ0v) is 11.6. The monoisotopic (exact) mass is 298 g/mol. The molecule has 2 unspecified atom stereocenters. The number of carbonyl (C=O) groups excluding carboxylic acids is 2. The molecule has 1 fully saturated rings. The van der Waals surface area contributed by atoms with E-state index in [0.717, 1.165) is 0 Å². The molecule has 20 heavy (non-hydrogen) atoms. The first-order valence-corrected chi connectivity index (χ1v) is 6.49.